The van der Waals surface area contributed by atoms with Crippen molar-refractivity contribution >= 4 is 17.9 Å². The molecule has 0 aliphatic heterocycles. The quantitative estimate of drug-likeness (QED) is 0.0261. The Bertz CT molecular complexity index is 1600. The van der Waals surface area contributed by atoms with E-state index in [0.29, 0.717) is 19.3 Å². The largest absolute Gasteiger partial charge is 0.462 e. The summed E-state index contributed by atoms with van der Waals surface area (Å²) in [6, 6.07) is 0. The summed E-state index contributed by atoms with van der Waals surface area (Å²) in [4.78, 5) is 38.2. The van der Waals surface area contributed by atoms with Crippen LogP contribution in [0.25, 0.3) is 0 Å². The molecule has 0 aromatic heterocycles. The summed E-state index contributed by atoms with van der Waals surface area (Å²) in [7, 11) is 0. The molecule has 438 valence electrons. The van der Waals surface area contributed by atoms with Crippen molar-refractivity contribution in [3.63, 3.8) is 0 Å². The number of ether oxygens (including phenoxy) is 3. The third kappa shape index (κ3) is 62.5. The summed E-state index contributed by atoms with van der Waals surface area (Å²) in [5.41, 5.74) is 0. The number of hydrogen-bond donors (Lipinski definition) is 0. The molecule has 6 nitrogen and oxygen atoms in total. The molecule has 0 aliphatic rings. The van der Waals surface area contributed by atoms with E-state index in [2.05, 4.69) is 142 Å². The van der Waals surface area contributed by atoms with Crippen molar-refractivity contribution < 1.29 is 28.6 Å². The lowest BCUT2D eigenvalue weighted by atomic mass is 10.0. The molecular formula is C71H118O6. The predicted molar refractivity (Wildman–Crippen MR) is 334 cm³/mol. The number of unbranched alkanes of at least 4 members (excludes halogenated alkanes) is 26. The van der Waals surface area contributed by atoms with E-state index >= 15 is 0 Å². The first-order chi connectivity index (χ1) is 38.0. The van der Waals surface area contributed by atoms with Crippen molar-refractivity contribution in [2.75, 3.05) is 13.2 Å². The molecular weight excluding hydrogens is 949 g/mol. The minimum absolute atomic E-state index is 0.0896. The Hall–Kier alpha value is -4.19. The molecule has 77 heavy (non-hydrogen) atoms. The van der Waals surface area contributed by atoms with Gasteiger partial charge in [-0.1, -0.05) is 264 Å². The number of carbonyl (C=O) groups is 3. The molecule has 0 N–H and O–H groups in total. The Labute approximate surface area is 475 Å². The summed E-state index contributed by atoms with van der Waals surface area (Å²) < 4.78 is 16.9. The van der Waals surface area contributed by atoms with Crippen LogP contribution in [0.15, 0.2) is 122 Å². The first kappa shape index (κ1) is 72.8. The Morgan fingerprint density at radius 3 is 0.805 bits per heavy atom. The average molecular weight is 1070 g/mol. The van der Waals surface area contributed by atoms with E-state index in [0.717, 1.165) is 141 Å². The SMILES string of the molecule is CC/C=C\C/C=C\C/C=C\C/C=C\C/C=C\C/C=C\CCCCCCCCCCCCCCC(=O)OCC(COC(=O)CCCCCCC/C=C\CCCCCC)OC(=O)CCCCCCC/C=C\C/C=C\C/C=C\CC. The van der Waals surface area contributed by atoms with Crippen molar-refractivity contribution in [1.82, 2.24) is 0 Å². The number of hydrogen-bond acceptors (Lipinski definition) is 6. The lowest BCUT2D eigenvalue weighted by molar-refractivity contribution is -0.167. The fraction of sp³-hybridized carbons (Fsp3) is 0.676. The lowest BCUT2D eigenvalue weighted by Crippen LogP contribution is -2.30. The van der Waals surface area contributed by atoms with Gasteiger partial charge in [0.15, 0.2) is 6.10 Å². The normalized spacial score (nSPS) is 12.9. The van der Waals surface area contributed by atoms with Gasteiger partial charge in [-0.25, -0.2) is 0 Å². The zero-order valence-electron chi connectivity index (χ0n) is 50.2. The highest BCUT2D eigenvalue weighted by atomic mass is 16.6. The standard InChI is InChI=1S/C71H118O6/c1-4-7-10-13-16-19-22-25-27-28-29-30-31-32-33-34-35-36-37-38-39-40-41-42-44-46-49-52-55-58-61-64-70(73)76-67-68(66-75-69(72)63-60-57-54-51-48-45-24-21-18-15-12-9-6-3)77-71(74)65-62-59-56-53-50-47-43-26-23-20-17-14-11-8-5-2/h7-8,10-11,16-17,19-21,24-27,29-30,32-33,35-36,43,68H,4-6,9,12-15,18,22-23,28,31,34,37-42,44-67H2,1-3H3/b10-7-,11-8-,19-16-,20-17-,24-21-,27-25-,30-29-,33-32-,36-35-,43-26-. The Balaban J connectivity index is 4.25. The molecule has 0 bridgehead atoms. The number of esters is 3. The van der Waals surface area contributed by atoms with Crippen LogP contribution >= 0.6 is 0 Å². The summed E-state index contributed by atoms with van der Waals surface area (Å²) in [5, 5.41) is 0. The van der Waals surface area contributed by atoms with Gasteiger partial charge in [0, 0.05) is 19.3 Å². The van der Waals surface area contributed by atoms with Crippen molar-refractivity contribution in [2.45, 2.75) is 297 Å². The second kappa shape index (κ2) is 64.3. The number of carbonyl (C=O) groups excluding carboxylic acids is 3. The van der Waals surface area contributed by atoms with Gasteiger partial charge < -0.3 is 14.2 Å². The maximum absolute atomic E-state index is 12.9. The molecule has 0 aliphatic carbocycles. The minimum Gasteiger partial charge on any atom is -0.462 e. The van der Waals surface area contributed by atoms with E-state index in [4.69, 9.17) is 14.2 Å². The van der Waals surface area contributed by atoms with Crippen LogP contribution in [0, 0.1) is 0 Å². The van der Waals surface area contributed by atoms with E-state index < -0.39 is 6.10 Å². The topological polar surface area (TPSA) is 78.9 Å². The van der Waals surface area contributed by atoms with E-state index in [9.17, 15) is 14.4 Å². The van der Waals surface area contributed by atoms with Crippen LogP contribution in [0.1, 0.15) is 290 Å². The molecule has 0 fully saturated rings. The highest BCUT2D eigenvalue weighted by Gasteiger charge is 2.19. The molecule has 0 rings (SSSR count). The molecule has 0 amide bonds. The molecule has 1 unspecified atom stereocenters. The maximum Gasteiger partial charge on any atom is 0.306 e. The molecule has 0 heterocycles. The molecule has 6 heteroatoms. The second-order valence-corrected chi connectivity index (χ2v) is 20.9. The van der Waals surface area contributed by atoms with Gasteiger partial charge in [0.25, 0.3) is 0 Å². The van der Waals surface area contributed by atoms with Gasteiger partial charge in [-0.3, -0.25) is 14.4 Å². The Morgan fingerprint density at radius 2 is 0.506 bits per heavy atom. The number of rotatable bonds is 57. The minimum atomic E-state index is -0.794. The van der Waals surface area contributed by atoms with E-state index in [1.807, 2.05) is 0 Å². The molecule has 0 saturated heterocycles. The van der Waals surface area contributed by atoms with Crippen LogP contribution in [0.2, 0.25) is 0 Å². The smallest absolute Gasteiger partial charge is 0.306 e. The molecule has 0 aromatic rings. The molecule has 0 saturated carbocycles. The van der Waals surface area contributed by atoms with Crippen LogP contribution in [0.4, 0.5) is 0 Å². The van der Waals surface area contributed by atoms with Crippen LogP contribution in [0.3, 0.4) is 0 Å². The van der Waals surface area contributed by atoms with Gasteiger partial charge in [0.05, 0.1) is 0 Å². The Kier molecular flexibility index (Phi) is 60.8. The summed E-state index contributed by atoms with van der Waals surface area (Å²) in [6.07, 6.45) is 89.2. The van der Waals surface area contributed by atoms with Gasteiger partial charge in [-0.05, 0) is 128 Å². The lowest BCUT2D eigenvalue weighted by Gasteiger charge is -2.18. The van der Waals surface area contributed by atoms with Gasteiger partial charge in [0.2, 0.25) is 0 Å². The van der Waals surface area contributed by atoms with Crippen molar-refractivity contribution in [3.8, 4) is 0 Å². The highest BCUT2D eigenvalue weighted by molar-refractivity contribution is 5.71. The first-order valence-corrected chi connectivity index (χ1v) is 32.0. The van der Waals surface area contributed by atoms with Crippen molar-refractivity contribution in [2.24, 2.45) is 0 Å². The fourth-order valence-electron chi connectivity index (χ4n) is 8.69. The third-order valence-electron chi connectivity index (χ3n) is 13.4. The highest BCUT2D eigenvalue weighted by Crippen LogP contribution is 2.16. The van der Waals surface area contributed by atoms with Crippen LogP contribution < -0.4 is 0 Å². The van der Waals surface area contributed by atoms with Crippen molar-refractivity contribution in [1.29, 1.82) is 0 Å². The zero-order valence-corrected chi connectivity index (χ0v) is 50.2. The zero-order chi connectivity index (χ0) is 55.7. The fourth-order valence-corrected chi connectivity index (χ4v) is 8.69. The monoisotopic (exact) mass is 1070 g/mol. The molecule has 1 atom stereocenters. The average Bonchev–Trinajstić information content (AvgIpc) is 3.43. The molecule has 0 aromatic carbocycles. The maximum atomic E-state index is 12.9. The van der Waals surface area contributed by atoms with Crippen molar-refractivity contribution in [3.05, 3.63) is 122 Å². The van der Waals surface area contributed by atoms with Gasteiger partial charge >= 0.3 is 17.9 Å². The summed E-state index contributed by atoms with van der Waals surface area (Å²) in [5.74, 6) is -0.913. The van der Waals surface area contributed by atoms with Gasteiger partial charge in [0.1, 0.15) is 13.2 Å². The van der Waals surface area contributed by atoms with Crippen LogP contribution in [0.5, 0.6) is 0 Å². The third-order valence-corrected chi connectivity index (χ3v) is 13.4. The van der Waals surface area contributed by atoms with E-state index in [-0.39, 0.29) is 31.1 Å². The summed E-state index contributed by atoms with van der Waals surface area (Å²) in [6.45, 7) is 6.39. The van der Waals surface area contributed by atoms with E-state index in [1.54, 1.807) is 0 Å². The van der Waals surface area contributed by atoms with Crippen LogP contribution in [-0.2, 0) is 28.6 Å². The van der Waals surface area contributed by atoms with Gasteiger partial charge in [-0.15, -0.1) is 0 Å². The predicted octanol–water partition coefficient (Wildman–Crippen LogP) is 22.0. The molecule has 0 radical (unpaired) electrons. The number of allylic oxidation sites excluding steroid dienone is 20. The van der Waals surface area contributed by atoms with Gasteiger partial charge in [-0.2, -0.15) is 0 Å². The first-order valence-electron chi connectivity index (χ1n) is 32.0. The van der Waals surface area contributed by atoms with E-state index in [1.165, 1.54) is 109 Å². The second-order valence-electron chi connectivity index (χ2n) is 20.9. The summed E-state index contributed by atoms with van der Waals surface area (Å²) >= 11 is 0. The molecule has 0 spiro atoms. The van der Waals surface area contributed by atoms with Crippen LogP contribution in [-0.4, -0.2) is 37.2 Å². The Morgan fingerprint density at radius 1 is 0.273 bits per heavy atom.